The largest absolute Gasteiger partial charge is 0.482 e. The number of thiazole rings is 1. The zero-order valence-corrected chi connectivity index (χ0v) is 22.9. The van der Waals surface area contributed by atoms with Crippen LogP contribution in [0.3, 0.4) is 0 Å². The fourth-order valence-corrected chi connectivity index (χ4v) is 7.10. The maximum Gasteiger partial charge on any atom is 0.270 e. The molecule has 1 N–H and O–H groups in total. The molecule has 1 fully saturated rings. The minimum Gasteiger partial charge on any atom is -0.482 e. The van der Waals surface area contributed by atoms with Gasteiger partial charge < -0.3 is 19.5 Å². The zero-order chi connectivity index (χ0) is 25.7. The van der Waals surface area contributed by atoms with Gasteiger partial charge in [0.05, 0.1) is 32.7 Å². The lowest BCUT2D eigenvalue weighted by Gasteiger charge is -2.36. The molecule has 6 rings (SSSR count). The minimum atomic E-state index is -0.219. The van der Waals surface area contributed by atoms with Gasteiger partial charge in [-0.05, 0) is 45.2 Å². The topological polar surface area (TPSA) is 102 Å². The van der Waals surface area contributed by atoms with Crippen LogP contribution in [0.2, 0.25) is 0 Å². The highest BCUT2D eigenvalue weighted by Crippen LogP contribution is 2.42. The number of imidazole rings is 1. The first-order valence-electron chi connectivity index (χ1n) is 12.8. The van der Waals surface area contributed by atoms with Gasteiger partial charge >= 0.3 is 0 Å². The summed E-state index contributed by atoms with van der Waals surface area (Å²) < 4.78 is 8.31. The van der Waals surface area contributed by atoms with Gasteiger partial charge in [0.25, 0.3) is 11.8 Å². The molecule has 0 saturated heterocycles. The number of amides is 2. The third kappa shape index (κ3) is 4.63. The summed E-state index contributed by atoms with van der Waals surface area (Å²) in [6.45, 7) is 7.37. The monoisotopic (exact) mass is 538 g/mol. The van der Waals surface area contributed by atoms with Gasteiger partial charge in [0.2, 0.25) is 0 Å². The number of nitrogens with zero attached hydrogens (tertiary/aromatic N) is 5. The number of aromatic nitrogens is 4. The Morgan fingerprint density at radius 2 is 2.00 bits per heavy atom. The Balaban J connectivity index is 1.24. The first-order valence-corrected chi connectivity index (χ1v) is 14.6. The van der Waals surface area contributed by atoms with E-state index in [9.17, 15) is 9.59 Å². The Hall–Kier alpha value is -2.92. The van der Waals surface area contributed by atoms with E-state index >= 15 is 0 Å². The number of hydrogen-bond donors (Lipinski definition) is 1. The van der Waals surface area contributed by atoms with Crippen LogP contribution >= 0.6 is 23.1 Å². The molecule has 3 aromatic heterocycles. The first-order chi connectivity index (χ1) is 17.9. The van der Waals surface area contributed by atoms with Crippen LogP contribution in [0.1, 0.15) is 69.0 Å². The molecule has 194 valence electrons. The van der Waals surface area contributed by atoms with Crippen molar-refractivity contribution in [2.24, 2.45) is 0 Å². The summed E-state index contributed by atoms with van der Waals surface area (Å²) in [5.74, 6) is 1.30. The highest BCUT2D eigenvalue weighted by atomic mass is 32.2. The molecule has 3 aromatic rings. The van der Waals surface area contributed by atoms with Crippen LogP contribution in [0.25, 0.3) is 0 Å². The first kappa shape index (κ1) is 24.4. The summed E-state index contributed by atoms with van der Waals surface area (Å²) >= 11 is 3.42. The van der Waals surface area contributed by atoms with E-state index in [4.69, 9.17) is 9.72 Å². The van der Waals surface area contributed by atoms with Gasteiger partial charge in [-0.3, -0.25) is 9.59 Å². The van der Waals surface area contributed by atoms with Crippen molar-refractivity contribution in [3.8, 4) is 5.75 Å². The summed E-state index contributed by atoms with van der Waals surface area (Å²) in [6, 6.07) is 3.48. The van der Waals surface area contributed by atoms with E-state index in [0.29, 0.717) is 30.1 Å². The Kier molecular flexibility index (Phi) is 6.44. The van der Waals surface area contributed by atoms with Crippen molar-refractivity contribution in [2.75, 3.05) is 18.9 Å². The normalized spacial score (nSPS) is 18.5. The second-order valence-corrected chi connectivity index (χ2v) is 12.0. The number of pyridine rings is 1. The smallest absolute Gasteiger partial charge is 0.270 e. The second kappa shape index (κ2) is 9.75. The van der Waals surface area contributed by atoms with Crippen LogP contribution in [0, 0.1) is 13.8 Å². The lowest BCUT2D eigenvalue weighted by Crippen LogP contribution is -2.43. The van der Waals surface area contributed by atoms with E-state index in [1.807, 2.05) is 25.7 Å². The number of aryl methyl sites for hydroxylation is 3. The Labute approximate surface area is 224 Å². The Morgan fingerprint density at radius 3 is 2.73 bits per heavy atom. The van der Waals surface area contributed by atoms with Crippen molar-refractivity contribution >= 4 is 34.9 Å². The highest BCUT2D eigenvalue weighted by Gasteiger charge is 2.40. The predicted molar refractivity (Wildman–Crippen MR) is 141 cm³/mol. The molecule has 1 unspecified atom stereocenters. The van der Waals surface area contributed by atoms with Crippen molar-refractivity contribution < 1.29 is 14.3 Å². The molecule has 2 amide bonds. The summed E-state index contributed by atoms with van der Waals surface area (Å²) in [4.78, 5) is 43.2. The van der Waals surface area contributed by atoms with Gasteiger partial charge in [0, 0.05) is 31.3 Å². The minimum absolute atomic E-state index is 0.0834. The lowest BCUT2D eigenvalue weighted by molar-refractivity contribution is -0.135. The van der Waals surface area contributed by atoms with Crippen molar-refractivity contribution in [3.63, 3.8) is 0 Å². The van der Waals surface area contributed by atoms with Crippen LogP contribution in [0.4, 0.5) is 0 Å². The van der Waals surface area contributed by atoms with E-state index in [1.54, 1.807) is 35.2 Å². The number of nitrogens with one attached hydrogen (secondary N) is 1. The molecule has 1 aliphatic carbocycles. The van der Waals surface area contributed by atoms with E-state index < -0.39 is 0 Å². The van der Waals surface area contributed by atoms with Crippen LogP contribution < -0.4 is 10.1 Å². The molecular formula is C26H30N6O3S2. The molecule has 0 bridgehead atoms. The second-order valence-electron chi connectivity index (χ2n) is 9.68. The number of thioether (sulfide) groups is 1. The average Bonchev–Trinajstić information content (AvgIpc) is 3.30. The van der Waals surface area contributed by atoms with Gasteiger partial charge in [-0.25, -0.2) is 15.0 Å². The van der Waals surface area contributed by atoms with Crippen LogP contribution in [0.5, 0.6) is 5.75 Å². The van der Waals surface area contributed by atoms with Gasteiger partial charge in [0.1, 0.15) is 17.5 Å². The van der Waals surface area contributed by atoms with E-state index in [-0.39, 0.29) is 30.5 Å². The highest BCUT2D eigenvalue weighted by molar-refractivity contribution is 7.99. The van der Waals surface area contributed by atoms with Crippen LogP contribution in [0.15, 0.2) is 17.3 Å². The van der Waals surface area contributed by atoms with Crippen LogP contribution in [-0.4, -0.2) is 61.2 Å². The molecule has 11 heteroatoms. The quantitative estimate of drug-likeness (QED) is 0.492. The van der Waals surface area contributed by atoms with Crippen molar-refractivity contribution in [1.29, 1.82) is 0 Å². The number of carbonyl (C=O) groups excluding carboxylic acids is 2. The predicted octanol–water partition coefficient (Wildman–Crippen LogP) is 3.46. The van der Waals surface area contributed by atoms with Crippen molar-refractivity contribution in [3.05, 3.63) is 50.5 Å². The van der Waals surface area contributed by atoms with E-state index in [2.05, 4.69) is 19.9 Å². The molecular weight excluding hydrogens is 508 g/mol. The number of rotatable bonds is 7. The van der Waals surface area contributed by atoms with Gasteiger partial charge in [0.15, 0.2) is 11.8 Å². The maximum atomic E-state index is 13.7. The SMILES string of the molecule is CCc1nc(C(=O)NC2CC2)ccc1OCC(=O)N1CCc2nc3n(c2C1c1sc(C)nc1C)CCS3. The third-order valence-electron chi connectivity index (χ3n) is 7.03. The molecule has 3 aliphatic rings. The molecule has 1 atom stereocenters. The van der Waals surface area contributed by atoms with E-state index in [0.717, 1.165) is 63.7 Å². The van der Waals surface area contributed by atoms with Gasteiger partial charge in [-0.15, -0.1) is 11.3 Å². The summed E-state index contributed by atoms with van der Waals surface area (Å²) in [6.07, 6.45) is 3.37. The number of carbonyl (C=O) groups is 2. The third-order valence-corrected chi connectivity index (χ3v) is 9.11. The van der Waals surface area contributed by atoms with E-state index in [1.165, 1.54) is 0 Å². The van der Waals surface area contributed by atoms with Crippen molar-refractivity contribution in [2.45, 2.75) is 70.2 Å². The molecule has 37 heavy (non-hydrogen) atoms. The molecule has 0 aromatic carbocycles. The Bertz CT molecular complexity index is 1380. The molecule has 2 aliphatic heterocycles. The summed E-state index contributed by atoms with van der Waals surface area (Å²) in [5.41, 5.74) is 4.22. The molecule has 5 heterocycles. The van der Waals surface area contributed by atoms with Crippen molar-refractivity contribution in [1.82, 2.24) is 29.7 Å². The zero-order valence-electron chi connectivity index (χ0n) is 21.2. The molecule has 0 radical (unpaired) electrons. The Morgan fingerprint density at radius 1 is 1.16 bits per heavy atom. The molecule has 9 nitrogen and oxygen atoms in total. The van der Waals surface area contributed by atoms with Gasteiger partial charge in [-0.1, -0.05) is 18.7 Å². The summed E-state index contributed by atoms with van der Waals surface area (Å²) in [7, 11) is 0. The van der Waals surface area contributed by atoms with Gasteiger partial charge in [-0.2, -0.15) is 0 Å². The molecule has 0 spiro atoms. The fourth-order valence-electron chi connectivity index (χ4n) is 5.08. The fraction of sp³-hybridized carbons (Fsp3) is 0.500. The lowest BCUT2D eigenvalue weighted by atomic mass is 9.99. The standard InChI is InChI=1S/C26H30N6O3S2/c1-4-17-20(8-7-19(29-17)25(34)28-16-5-6-16)35-13-21(33)31-10-9-18-22(32-11-12-36-26(32)30-18)23(31)24-14(2)27-15(3)37-24/h7-8,16,23H,4-6,9-13H2,1-3H3,(H,28,34). The maximum absolute atomic E-state index is 13.7. The van der Waals surface area contributed by atoms with Crippen LogP contribution in [-0.2, 0) is 24.2 Å². The number of hydrogen-bond acceptors (Lipinski definition) is 8. The number of fused-ring (bicyclic) bond motifs is 3. The summed E-state index contributed by atoms with van der Waals surface area (Å²) in [5, 5.41) is 5.00. The number of ether oxygens (including phenoxy) is 1. The average molecular weight is 539 g/mol. The molecule has 1 saturated carbocycles.